The average Bonchev–Trinajstić information content (AvgIpc) is 3.24. The molecule has 0 unspecified atom stereocenters. The van der Waals surface area contributed by atoms with Crippen LogP contribution >= 0.6 is 0 Å². The van der Waals surface area contributed by atoms with Gasteiger partial charge in [-0.3, -0.25) is 0 Å². The predicted octanol–water partition coefficient (Wildman–Crippen LogP) is 4.24. The Hall–Kier alpha value is -3.20. The lowest BCUT2D eigenvalue weighted by molar-refractivity contribution is -0.660. The van der Waals surface area contributed by atoms with Gasteiger partial charge in [0.2, 0.25) is 5.69 Å². The summed E-state index contributed by atoms with van der Waals surface area (Å²) in [6.07, 6.45) is 6.98. The van der Waals surface area contributed by atoms with Gasteiger partial charge in [0.1, 0.15) is 12.9 Å². The molecule has 0 spiro atoms. The summed E-state index contributed by atoms with van der Waals surface area (Å²) < 4.78 is 4.43. The second-order valence-corrected chi connectivity index (χ2v) is 6.92. The molecule has 2 aromatic heterocycles. The lowest BCUT2D eigenvalue weighted by Gasteiger charge is -2.12. The van der Waals surface area contributed by atoms with Crippen LogP contribution < -0.4 is 4.57 Å². The van der Waals surface area contributed by atoms with Gasteiger partial charge in [-0.2, -0.15) is 0 Å². The van der Waals surface area contributed by atoms with Gasteiger partial charge in [0.05, 0.1) is 11.3 Å². The second kappa shape index (κ2) is 5.67. The molecule has 5 rings (SSSR count). The standard InChI is InChI=1S/C23H20N3/c1-16-8-9-20-19(15-22-24-11-13-26(20)22)23(16)21-14-18(10-12-25(21)2)17-6-4-3-5-7-17/h3-14H,15H2,1-2H3/q+1. The molecule has 0 fully saturated rings. The van der Waals surface area contributed by atoms with Crippen molar-refractivity contribution in [1.82, 2.24) is 9.55 Å². The summed E-state index contributed by atoms with van der Waals surface area (Å²) >= 11 is 0. The van der Waals surface area contributed by atoms with E-state index >= 15 is 0 Å². The van der Waals surface area contributed by atoms with Crippen molar-refractivity contribution >= 4 is 0 Å². The third kappa shape index (κ3) is 2.21. The number of nitrogens with zero attached hydrogens (tertiary/aromatic N) is 3. The van der Waals surface area contributed by atoms with E-state index < -0.39 is 0 Å². The van der Waals surface area contributed by atoms with Gasteiger partial charge < -0.3 is 4.57 Å². The van der Waals surface area contributed by atoms with Crippen LogP contribution in [0.3, 0.4) is 0 Å². The van der Waals surface area contributed by atoms with Crippen molar-refractivity contribution in [2.24, 2.45) is 7.05 Å². The molecule has 3 heterocycles. The molecule has 3 nitrogen and oxygen atoms in total. The first-order chi connectivity index (χ1) is 12.7. The quantitative estimate of drug-likeness (QED) is 0.441. The maximum Gasteiger partial charge on any atom is 0.213 e. The van der Waals surface area contributed by atoms with Gasteiger partial charge in [0, 0.05) is 30.9 Å². The summed E-state index contributed by atoms with van der Waals surface area (Å²) in [6, 6.07) is 19.5. The summed E-state index contributed by atoms with van der Waals surface area (Å²) in [7, 11) is 2.12. The number of aryl methyl sites for hydroxylation is 2. The van der Waals surface area contributed by atoms with E-state index in [4.69, 9.17) is 0 Å². The molecule has 26 heavy (non-hydrogen) atoms. The Morgan fingerprint density at radius 2 is 1.85 bits per heavy atom. The van der Waals surface area contributed by atoms with Gasteiger partial charge in [-0.15, -0.1) is 0 Å². The van der Waals surface area contributed by atoms with Gasteiger partial charge in [-0.25, -0.2) is 9.55 Å². The van der Waals surface area contributed by atoms with Crippen LogP contribution in [0.5, 0.6) is 0 Å². The normalized spacial score (nSPS) is 12.1. The van der Waals surface area contributed by atoms with E-state index in [9.17, 15) is 0 Å². The fourth-order valence-corrected chi connectivity index (χ4v) is 3.99. The van der Waals surface area contributed by atoms with Crippen LogP contribution in [-0.4, -0.2) is 9.55 Å². The number of aromatic nitrogens is 3. The topological polar surface area (TPSA) is 21.7 Å². The molecule has 2 aromatic carbocycles. The number of pyridine rings is 1. The number of imidazole rings is 1. The van der Waals surface area contributed by atoms with Gasteiger partial charge in [-0.1, -0.05) is 36.4 Å². The minimum atomic E-state index is 0.884. The number of fused-ring (bicyclic) bond motifs is 3. The Kier molecular flexibility index (Phi) is 3.29. The largest absolute Gasteiger partial charge is 0.303 e. The zero-order chi connectivity index (χ0) is 17.7. The van der Waals surface area contributed by atoms with Crippen LogP contribution in [0.1, 0.15) is 17.0 Å². The number of hydrogen-bond donors (Lipinski definition) is 0. The Morgan fingerprint density at radius 3 is 2.69 bits per heavy atom. The van der Waals surface area contributed by atoms with E-state index in [1.165, 1.54) is 39.2 Å². The summed E-state index contributed by atoms with van der Waals surface area (Å²) in [6.45, 7) is 2.20. The first-order valence-corrected chi connectivity index (χ1v) is 8.93. The average molecular weight is 338 g/mol. The van der Waals surface area contributed by atoms with Crippen molar-refractivity contribution in [2.75, 3.05) is 0 Å². The van der Waals surface area contributed by atoms with Gasteiger partial charge in [-0.05, 0) is 35.2 Å². The molecule has 0 aliphatic carbocycles. The van der Waals surface area contributed by atoms with E-state index in [-0.39, 0.29) is 0 Å². The number of hydrogen-bond acceptors (Lipinski definition) is 1. The summed E-state index contributed by atoms with van der Waals surface area (Å²) in [5, 5.41) is 0. The van der Waals surface area contributed by atoms with Crippen LogP contribution in [0.4, 0.5) is 0 Å². The molecular formula is C23H20N3+. The molecule has 0 radical (unpaired) electrons. The molecule has 0 amide bonds. The second-order valence-electron chi connectivity index (χ2n) is 6.92. The van der Waals surface area contributed by atoms with E-state index in [1.807, 2.05) is 6.20 Å². The highest BCUT2D eigenvalue weighted by Gasteiger charge is 2.27. The number of rotatable bonds is 2. The molecule has 0 saturated heterocycles. The number of benzene rings is 2. The first kappa shape index (κ1) is 15.1. The molecule has 0 N–H and O–H groups in total. The van der Waals surface area contributed by atoms with E-state index in [0.29, 0.717) is 0 Å². The molecule has 3 heteroatoms. The van der Waals surface area contributed by atoms with Crippen LogP contribution in [0.25, 0.3) is 28.1 Å². The van der Waals surface area contributed by atoms with Crippen molar-refractivity contribution in [2.45, 2.75) is 13.3 Å². The maximum absolute atomic E-state index is 4.52. The highest BCUT2D eigenvalue weighted by atomic mass is 15.1. The molecule has 126 valence electrons. The summed E-state index contributed by atoms with van der Waals surface area (Å²) in [4.78, 5) is 4.52. The predicted molar refractivity (Wildman–Crippen MR) is 103 cm³/mol. The molecule has 1 aliphatic heterocycles. The lowest BCUT2D eigenvalue weighted by atomic mass is 9.94. The fourth-order valence-electron chi connectivity index (χ4n) is 3.99. The third-order valence-corrected chi connectivity index (χ3v) is 5.32. The first-order valence-electron chi connectivity index (χ1n) is 8.93. The molecule has 4 aromatic rings. The molecule has 0 bridgehead atoms. The van der Waals surface area contributed by atoms with Gasteiger partial charge in [0.15, 0.2) is 6.20 Å². The summed E-state index contributed by atoms with van der Waals surface area (Å²) in [5.41, 5.74) is 8.98. The van der Waals surface area contributed by atoms with Gasteiger partial charge in [0.25, 0.3) is 0 Å². The SMILES string of the molecule is Cc1ccc2c(c1-c1cc(-c3ccccc3)cc[n+]1C)Cc1nccn1-2. The molecule has 0 atom stereocenters. The Morgan fingerprint density at radius 1 is 1.00 bits per heavy atom. The highest BCUT2D eigenvalue weighted by Crippen LogP contribution is 2.37. The minimum Gasteiger partial charge on any atom is -0.303 e. The molecule has 0 saturated carbocycles. The Bertz CT molecular complexity index is 1120. The van der Waals surface area contributed by atoms with Crippen LogP contribution in [0.15, 0.2) is 73.2 Å². The van der Waals surface area contributed by atoms with Crippen molar-refractivity contribution < 1.29 is 4.57 Å². The van der Waals surface area contributed by atoms with Gasteiger partial charge >= 0.3 is 0 Å². The Balaban J connectivity index is 1.73. The van der Waals surface area contributed by atoms with Crippen molar-refractivity contribution in [3.8, 4) is 28.1 Å². The van der Waals surface area contributed by atoms with E-state index in [1.54, 1.807) is 0 Å². The fraction of sp³-hybridized carbons (Fsp3) is 0.130. The van der Waals surface area contributed by atoms with Crippen molar-refractivity contribution in [1.29, 1.82) is 0 Å². The minimum absolute atomic E-state index is 0.884. The summed E-state index contributed by atoms with van der Waals surface area (Å²) in [5.74, 6) is 1.12. The maximum atomic E-state index is 4.52. The van der Waals surface area contributed by atoms with E-state index in [2.05, 4.69) is 95.1 Å². The smallest absolute Gasteiger partial charge is 0.213 e. The Labute approximate surface area is 153 Å². The van der Waals surface area contributed by atoms with Crippen molar-refractivity contribution in [3.63, 3.8) is 0 Å². The van der Waals surface area contributed by atoms with Crippen LogP contribution in [0, 0.1) is 6.92 Å². The van der Waals surface area contributed by atoms with E-state index in [0.717, 1.165) is 12.2 Å². The van der Waals surface area contributed by atoms with Crippen LogP contribution in [-0.2, 0) is 13.5 Å². The highest BCUT2D eigenvalue weighted by molar-refractivity contribution is 5.76. The molecular weight excluding hydrogens is 318 g/mol. The molecule has 1 aliphatic rings. The zero-order valence-electron chi connectivity index (χ0n) is 15.0. The lowest BCUT2D eigenvalue weighted by Crippen LogP contribution is -2.31. The van der Waals surface area contributed by atoms with Crippen molar-refractivity contribution in [3.05, 3.63) is 90.1 Å². The zero-order valence-corrected chi connectivity index (χ0v) is 15.0. The third-order valence-electron chi connectivity index (χ3n) is 5.32. The monoisotopic (exact) mass is 338 g/mol. The van der Waals surface area contributed by atoms with Crippen LogP contribution in [0.2, 0.25) is 0 Å².